The fourth-order valence-corrected chi connectivity index (χ4v) is 2.71. The van der Waals surface area contributed by atoms with Crippen LogP contribution in [0, 0.1) is 17.4 Å². The monoisotopic (exact) mass is 408 g/mol. The number of ether oxygens (including phenoxy) is 1. The average Bonchev–Trinajstić information content (AvgIpc) is 2.42. The average molecular weight is 408 g/mol. The minimum atomic E-state index is -0.313. The summed E-state index contributed by atoms with van der Waals surface area (Å²) in [5.41, 5.74) is 3.86. The van der Waals surface area contributed by atoms with Gasteiger partial charge in [0.2, 0.25) is 0 Å². The van der Waals surface area contributed by atoms with Crippen LogP contribution in [0.3, 0.4) is 0 Å². The lowest BCUT2D eigenvalue weighted by atomic mass is 9.85. The predicted octanol–water partition coefficient (Wildman–Crippen LogP) is 5.42. The van der Waals surface area contributed by atoms with Gasteiger partial charge < -0.3 is 4.74 Å². The molecule has 0 spiro atoms. The summed E-state index contributed by atoms with van der Waals surface area (Å²) in [5.74, 6) is 0.325. The van der Waals surface area contributed by atoms with Crippen LogP contribution in [-0.2, 0) is 5.41 Å². The molecule has 0 aliphatic heterocycles. The van der Waals surface area contributed by atoms with Crippen molar-refractivity contribution in [2.45, 2.75) is 40.0 Å². The van der Waals surface area contributed by atoms with Crippen LogP contribution in [0.1, 0.15) is 47.8 Å². The van der Waals surface area contributed by atoms with Gasteiger partial charge in [-0.05, 0) is 65.6 Å². The molecular formula is C19H21IO2. The number of halogens is 1. The zero-order chi connectivity index (χ0) is 16.5. The molecule has 0 unspecified atom stereocenters. The second-order valence-electron chi connectivity index (χ2n) is 6.60. The number of aryl methyl sites for hydroxylation is 2. The fourth-order valence-electron chi connectivity index (χ4n) is 2.20. The van der Waals surface area contributed by atoms with Crippen LogP contribution in [0.4, 0.5) is 0 Å². The first-order chi connectivity index (χ1) is 10.2. The highest BCUT2D eigenvalue weighted by Gasteiger charge is 2.21. The normalized spacial score (nSPS) is 11.4. The molecule has 116 valence electrons. The molecule has 0 bridgehead atoms. The van der Waals surface area contributed by atoms with Crippen molar-refractivity contribution < 1.29 is 9.53 Å². The summed E-state index contributed by atoms with van der Waals surface area (Å²) in [6.07, 6.45) is 0. The molecule has 0 heterocycles. The van der Waals surface area contributed by atoms with E-state index in [-0.39, 0.29) is 11.4 Å². The Morgan fingerprint density at radius 3 is 2.32 bits per heavy atom. The second-order valence-corrected chi connectivity index (χ2v) is 7.77. The van der Waals surface area contributed by atoms with Gasteiger partial charge in [-0.3, -0.25) is 0 Å². The van der Waals surface area contributed by atoms with Gasteiger partial charge in [-0.25, -0.2) is 4.79 Å². The third-order valence-corrected chi connectivity index (χ3v) is 4.72. The summed E-state index contributed by atoms with van der Waals surface area (Å²) in [4.78, 5) is 12.4. The van der Waals surface area contributed by atoms with Crippen molar-refractivity contribution in [3.8, 4) is 5.75 Å². The lowest BCUT2D eigenvalue weighted by Gasteiger charge is -2.22. The minimum Gasteiger partial charge on any atom is -0.423 e. The summed E-state index contributed by atoms with van der Waals surface area (Å²) in [6.45, 7) is 10.4. The number of hydrogen-bond donors (Lipinski definition) is 0. The van der Waals surface area contributed by atoms with Crippen LogP contribution in [0.5, 0.6) is 5.75 Å². The van der Waals surface area contributed by atoms with Crippen LogP contribution in [0.2, 0.25) is 0 Å². The molecule has 0 saturated carbocycles. The van der Waals surface area contributed by atoms with Gasteiger partial charge in [0.25, 0.3) is 0 Å². The summed E-state index contributed by atoms with van der Waals surface area (Å²) in [5, 5.41) is 0. The van der Waals surface area contributed by atoms with Crippen molar-refractivity contribution in [1.29, 1.82) is 0 Å². The Morgan fingerprint density at radius 1 is 1.05 bits per heavy atom. The number of rotatable bonds is 2. The highest BCUT2D eigenvalue weighted by molar-refractivity contribution is 14.1. The van der Waals surface area contributed by atoms with Gasteiger partial charge in [-0.2, -0.15) is 0 Å². The molecule has 0 saturated heterocycles. The van der Waals surface area contributed by atoms with Gasteiger partial charge in [0.05, 0.1) is 5.56 Å². The van der Waals surface area contributed by atoms with Crippen molar-refractivity contribution in [2.75, 3.05) is 0 Å². The first kappa shape index (κ1) is 17.0. The summed E-state index contributed by atoms with van der Waals surface area (Å²) < 4.78 is 6.73. The van der Waals surface area contributed by atoms with Gasteiger partial charge in [0.15, 0.2) is 0 Å². The van der Waals surface area contributed by atoms with Gasteiger partial charge >= 0.3 is 5.97 Å². The quantitative estimate of drug-likeness (QED) is 0.377. The molecule has 2 rings (SSSR count). The molecule has 0 fully saturated rings. The molecular weight excluding hydrogens is 387 g/mol. The maximum Gasteiger partial charge on any atom is 0.343 e. The van der Waals surface area contributed by atoms with Crippen LogP contribution >= 0.6 is 22.6 Å². The Morgan fingerprint density at radius 2 is 1.73 bits per heavy atom. The van der Waals surface area contributed by atoms with Gasteiger partial charge in [0.1, 0.15) is 5.75 Å². The largest absolute Gasteiger partial charge is 0.423 e. The third-order valence-electron chi connectivity index (χ3n) is 3.55. The van der Waals surface area contributed by atoms with Crippen LogP contribution < -0.4 is 4.74 Å². The van der Waals surface area contributed by atoms with E-state index >= 15 is 0 Å². The molecule has 0 aliphatic rings. The Balaban J connectivity index is 2.34. The molecule has 22 heavy (non-hydrogen) atoms. The fraction of sp³-hybridized carbons (Fsp3) is 0.316. The maximum absolute atomic E-state index is 12.4. The molecule has 0 aliphatic carbocycles. The van der Waals surface area contributed by atoms with Crippen molar-refractivity contribution >= 4 is 28.6 Å². The van der Waals surface area contributed by atoms with Crippen molar-refractivity contribution in [1.82, 2.24) is 0 Å². The van der Waals surface area contributed by atoms with E-state index in [2.05, 4.69) is 49.4 Å². The Bertz CT molecular complexity index is 712. The van der Waals surface area contributed by atoms with E-state index < -0.39 is 0 Å². The van der Waals surface area contributed by atoms with E-state index in [0.717, 1.165) is 20.3 Å². The SMILES string of the molecule is Cc1ccc(OC(=O)c2ccc(C)c(I)c2)c(C(C)(C)C)c1. The molecule has 2 aromatic carbocycles. The lowest BCUT2D eigenvalue weighted by molar-refractivity contribution is 0.0731. The first-order valence-corrected chi connectivity index (χ1v) is 8.36. The van der Waals surface area contributed by atoms with Gasteiger partial charge in [-0.1, -0.05) is 44.5 Å². The van der Waals surface area contributed by atoms with Crippen molar-refractivity contribution in [3.05, 3.63) is 62.2 Å². The molecule has 2 nitrogen and oxygen atoms in total. The minimum absolute atomic E-state index is 0.0800. The van der Waals surface area contributed by atoms with E-state index in [1.807, 2.05) is 44.2 Å². The summed E-state index contributed by atoms with van der Waals surface area (Å²) in [7, 11) is 0. The number of carbonyl (C=O) groups excluding carboxylic acids is 1. The maximum atomic E-state index is 12.4. The molecule has 2 aromatic rings. The van der Waals surface area contributed by atoms with Crippen LogP contribution in [-0.4, -0.2) is 5.97 Å². The van der Waals surface area contributed by atoms with Crippen molar-refractivity contribution in [2.24, 2.45) is 0 Å². The molecule has 0 aromatic heterocycles. The van der Waals surface area contributed by atoms with Crippen LogP contribution in [0.15, 0.2) is 36.4 Å². The third kappa shape index (κ3) is 3.88. The molecule has 0 atom stereocenters. The number of esters is 1. The second kappa shape index (κ2) is 6.41. The smallest absolute Gasteiger partial charge is 0.343 e. The lowest BCUT2D eigenvalue weighted by Crippen LogP contribution is -2.17. The molecule has 0 radical (unpaired) electrons. The molecule has 0 amide bonds. The number of hydrogen-bond acceptors (Lipinski definition) is 2. The highest BCUT2D eigenvalue weighted by Crippen LogP contribution is 2.32. The topological polar surface area (TPSA) is 26.3 Å². The van der Waals surface area contributed by atoms with E-state index in [1.54, 1.807) is 0 Å². The van der Waals surface area contributed by atoms with Gasteiger partial charge in [-0.15, -0.1) is 0 Å². The van der Waals surface area contributed by atoms with Crippen molar-refractivity contribution in [3.63, 3.8) is 0 Å². The van der Waals surface area contributed by atoms with E-state index in [1.165, 1.54) is 0 Å². The predicted molar refractivity (Wildman–Crippen MR) is 98.7 cm³/mol. The Labute approximate surface area is 146 Å². The zero-order valence-corrected chi connectivity index (χ0v) is 15.8. The standard InChI is InChI=1S/C19H21IO2/c1-12-6-9-17(15(10-12)19(3,4)5)22-18(21)14-8-7-13(2)16(20)11-14/h6-11H,1-5H3. The number of benzene rings is 2. The Hall–Kier alpha value is -1.36. The number of carbonyl (C=O) groups is 1. The van der Waals surface area contributed by atoms with Gasteiger partial charge in [0, 0.05) is 9.13 Å². The summed E-state index contributed by atoms with van der Waals surface area (Å²) >= 11 is 2.23. The zero-order valence-electron chi connectivity index (χ0n) is 13.7. The van der Waals surface area contributed by atoms with E-state index in [9.17, 15) is 4.79 Å². The molecule has 0 N–H and O–H groups in total. The van der Waals surface area contributed by atoms with Crippen LogP contribution in [0.25, 0.3) is 0 Å². The molecule has 3 heteroatoms. The van der Waals surface area contributed by atoms with E-state index in [0.29, 0.717) is 11.3 Å². The first-order valence-electron chi connectivity index (χ1n) is 7.28. The van der Waals surface area contributed by atoms with E-state index in [4.69, 9.17) is 4.74 Å². The summed E-state index contributed by atoms with van der Waals surface area (Å²) in [6, 6.07) is 11.6. The highest BCUT2D eigenvalue weighted by atomic mass is 127. The Kier molecular flexibility index (Phi) is 4.95.